The Kier molecular flexibility index (Phi) is 6.22. The number of thioether (sulfide) groups is 3. The van der Waals surface area contributed by atoms with Crippen LogP contribution in [0.25, 0.3) is 4.91 Å². The molecule has 2 aromatic carbocycles. The van der Waals surface area contributed by atoms with Gasteiger partial charge in [-0.25, -0.2) is 0 Å². The number of nitrogens with two attached hydrogens (primary N) is 1. The Balaban J connectivity index is 1.51. The number of amidine groups is 1. The standard InChI is InChI=1S/C25H28N2S3/c26-24-27-20(16-28-24)17-29-25-14-8-7-13-22(25)21(18-9-3-1-4-10-18)15-23(30-25)19-11-5-2-6-12-19/h1-6,9-12,15,20-22H,7-8,13-14,16-17H2,(H2,26,27)/t20-,21-,22-,25-/m0/s1. The summed E-state index contributed by atoms with van der Waals surface area (Å²) in [6, 6.07) is 22.5. The van der Waals surface area contributed by atoms with E-state index >= 15 is 0 Å². The Labute approximate surface area is 192 Å². The van der Waals surface area contributed by atoms with Crippen LogP contribution in [-0.2, 0) is 0 Å². The van der Waals surface area contributed by atoms with Crippen LogP contribution in [-0.4, -0.2) is 26.8 Å². The number of aliphatic imine (C=N–C) groups is 1. The van der Waals surface area contributed by atoms with Crippen molar-refractivity contribution in [1.29, 1.82) is 0 Å². The number of hydrogen-bond donors (Lipinski definition) is 1. The highest BCUT2D eigenvalue weighted by Crippen LogP contribution is 2.63. The maximum atomic E-state index is 5.95. The van der Waals surface area contributed by atoms with Gasteiger partial charge in [0.2, 0.25) is 0 Å². The molecule has 0 aromatic heterocycles. The Morgan fingerprint density at radius 3 is 2.53 bits per heavy atom. The van der Waals surface area contributed by atoms with Gasteiger partial charge < -0.3 is 5.73 Å². The second-order valence-corrected chi connectivity index (χ2v) is 12.4. The molecule has 1 saturated carbocycles. The summed E-state index contributed by atoms with van der Waals surface area (Å²) in [6.45, 7) is 0. The molecule has 2 aliphatic heterocycles. The van der Waals surface area contributed by atoms with E-state index in [4.69, 9.17) is 5.73 Å². The van der Waals surface area contributed by atoms with E-state index in [-0.39, 0.29) is 4.08 Å². The average Bonchev–Trinajstić information content (AvgIpc) is 3.23. The second kappa shape index (κ2) is 9.05. The van der Waals surface area contributed by atoms with Crippen LogP contribution in [0.1, 0.15) is 42.7 Å². The number of rotatable bonds is 5. The fraction of sp³-hybridized carbons (Fsp3) is 0.400. The van der Waals surface area contributed by atoms with Crippen LogP contribution in [0, 0.1) is 5.92 Å². The van der Waals surface area contributed by atoms with E-state index in [1.165, 1.54) is 41.7 Å². The minimum atomic E-state index is 0.218. The molecule has 0 bridgehead atoms. The highest BCUT2D eigenvalue weighted by Gasteiger charge is 2.49. The quantitative estimate of drug-likeness (QED) is 0.554. The zero-order chi connectivity index (χ0) is 20.4. The Morgan fingerprint density at radius 2 is 1.80 bits per heavy atom. The molecule has 2 N–H and O–H groups in total. The molecule has 4 atom stereocenters. The van der Waals surface area contributed by atoms with Crippen molar-refractivity contribution in [1.82, 2.24) is 0 Å². The van der Waals surface area contributed by atoms with Crippen LogP contribution < -0.4 is 5.73 Å². The van der Waals surface area contributed by atoms with Gasteiger partial charge in [-0.1, -0.05) is 91.3 Å². The van der Waals surface area contributed by atoms with Gasteiger partial charge in [0.25, 0.3) is 0 Å². The number of allylic oxidation sites excluding steroid dienone is 1. The van der Waals surface area contributed by atoms with E-state index in [1.807, 2.05) is 0 Å². The van der Waals surface area contributed by atoms with Crippen LogP contribution in [0.5, 0.6) is 0 Å². The number of benzene rings is 2. The Hall–Kier alpha value is -1.30. The molecule has 0 unspecified atom stereocenters. The largest absolute Gasteiger partial charge is 0.379 e. The van der Waals surface area contributed by atoms with Crippen LogP contribution in [0.15, 0.2) is 71.7 Å². The van der Waals surface area contributed by atoms with Gasteiger partial charge in [0.05, 0.1) is 10.1 Å². The molecular weight excluding hydrogens is 424 g/mol. The first-order valence-electron chi connectivity index (χ1n) is 10.8. The second-order valence-electron chi connectivity index (χ2n) is 8.34. The fourth-order valence-electron chi connectivity index (χ4n) is 4.95. The first kappa shape index (κ1) is 20.6. The van der Waals surface area contributed by atoms with E-state index in [0.29, 0.717) is 17.9 Å². The number of hydrogen-bond acceptors (Lipinski definition) is 5. The van der Waals surface area contributed by atoms with Crippen molar-refractivity contribution in [2.45, 2.75) is 41.7 Å². The topological polar surface area (TPSA) is 38.4 Å². The Morgan fingerprint density at radius 1 is 1.03 bits per heavy atom. The maximum Gasteiger partial charge on any atom is 0.154 e. The Bertz CT molecular complexity index is 928. The van der Waals surface area contributed by atoms with Crippen molar-refractivity contribution in [3.05, 3.63) is 77.9 Å². The van der Waals surface area contributed by atoms with Crippen LogP contribution in [0.3, 0.4) is 0 Å². The lowest BCUT2D eigenvalue weighted by Gasteiger charge is -2.50. The van der Waals surface area contributed by atoms with Gasteiger partial charge in [0.15, 0.2) is 5.17 Å². The van der Waals surface area contributed by atoms with Crippen LogP contribution >= 0.6 is 35.3 Å². The lowest BCUT2D eigenvalue weighted by molar-refractivity contribution is 0.320. The monoisotopic (exact) mass is 452 g/mol. The summed E-state index contributed by atoms with van der Waals surface area (Å²) < 4.78 is 0.218. The van der Waals surface area contributed by atoms with Gasteiger partial charge in [-0.15, -0.1) is 23.5 Å². The first-order chi connectivity index (χ1) is 14.7. The first-order valence-corrected chi connectivity index (χ1v) is 13.6. The van der Waals surface area contributed by atoms with Crippen molar-refractivity contribution in [2.24, 2.45) is 16.6 Å². The summed E-state index contributed by atoms with van der Waals surface area (Å²) in [4.78, 5) is 6.12. The molecular formula is C25H28N2S3. The normalized spacial score (nSPS) is 31.0. The maximum absolute atomic E-state index is 5.95. The number of fused-ring (bicyclic) bond motifs is 1. The molecule has 0 spiro atoms. The van der Waals surface area contributed by atoms with E-state index in [9.17, 15) is 0 Å². The average molecular weight is 453 g/mol. The van der Waals surface area contributed by atoms with Crippen molar-refractivity contribution in [2.75, 3.05) is 11.5 Å². The van der Waals surface area contributed by atoms with Crippen LogP contribution in [0.2, 0.25) is 0 Å². The molecule has 1 fully saturated rings. The zero-order valence-corrected chi connectivity index (χ0v) is 19.5. The van der Waals surface area contributed by atoms with E-state index in [2.05, 4.69) is 95.3 Å². The van der Waals surface area contributed by atoms with Crippen molar-refractivity contribution < 1.29 is 0 Å². The zero-order valence-electron chi connectivity index (χ0n) is 17.1. The predicted molar refractivity (Wildman–Crippen MR) is 136 cm³/mol. The minimum Gasteiger partial charge on any atom is -0.379 e. The molecule has 2 nitrogen and oxygen atoms in total. The lowest BCUT2D eigenvalue weighted by Crippen LogP contribution is -2.41. The third-order valence-corrected chi connectivity index (χ3v) is 10.9. The van der Waals surface area contributed by atoms with Gasteiger partial charge in [-0.3, -0.25) is 4.99 Å². The van der Waals surface area contributed by atoms with Crippen molar-refractivity contribution in [3.63, 3.8) is 0 Å². The van der Waals surface area contributed by atoms with Gasteiger partial charge in [0.1, 0.15) is 0 Å². The van der Waals surface area contributed by atoms with Gasteiger partial charge in [-0.2, -0.15) is 0 Å². The van der Waals surface area contributed by atoms with E-state index in [1.54, 1.807) is 11.8 Å². The lowest BCUT2D eigenvalue weighted by atomic mass is 9.75. The SMILES string of the molecule is NC1=N[C@H](CS[C@]23CCCC[C@H]2[C@H](c2ccccc2)C=C(c2ccccc2)S3)CS1. The smallest absolute Gasteiger partial charge is 0.154 e. The highest BCUT2D eigenvalue weighted by molar-refractivity contribution is 8.22. The molecule has 3 aliphatic rings. The minimum absolute atomic E-state index is 0.218. The summed E-state index contributed by atoms with van der Waals surface area (Å²) in [5.74, 6) is 3.24. The summed E-state index contributed by atoms with van der Waals surface area (Å²) in [5.41, 5.74) is 8.76. The molecule has 2 aromatic rings. The summed E-state index contributed by atoms with van der Waals surface area (Å²) in [7, 11) is 0. The molecule has 2 heterocycles. The third kappa shape index (κ3) is 4.21. The van der Waals surface area contributed by atoms with E-state index < -0.39 is 0 Å². The summed E-state index contributed by atoms with van der Waals surface area (Å²) in [5, 5.41) is 0.765. The molecule has 30 heavy (non-hydrogen) atoms. The van der Waals surface area contributed by atoms with E-state index in [0.717, 1.165) is 16.7 Å². The van der Waals surface area contributed by atoms with Crippen LogP contribution in [0.4, 0.5) is 0 Å². The van der Waals surface area contributed by atoms with Crippen molar-refractivity contribution in [3.8, 4) is 0 Å². The summed E-state index contributed by atoms with van der Waals surface area (Å²) >= 11 is 6.02. The summed E-state index contributed by atoms with van der Waals surface area (Å²) in [6.07, 6.45) is 7.81. The van der Waals surface area contributed by atoms with Gasteiger partial charge >= 0.3 is 0 Å². The third-order valence-electron chi connectivity index (χ3n) is 6.40. The predicted octanol–water partition coefficient (Wildman–Crippen LogP) is 6.61. The molecule has 5 rings (SSSR count). The molecule has 0 radical (unpaired) electrons. The molecule has 0 saturated heterocycles. The fourth-order valence-corrected chi connectivity index (χ4v) is 9.52. The van der Waals surface area contributed by atoms with Crippen molar-refractivity contribution >= 4 is 45.4 Å². The molecule has 1 aliphatic carbocycles. The molecule has 5 heteroatoms. The molecule has 156 valence electrons. The number of nitrogens with zero attached hydrogens (tertiary/aromatic N) is 1. The highest BCUT2D eigenvalue weighted by atomic mass is 32.2. The van der Waals surface area contributed by atoms with Gasteiger partial charge in [-0.05, 0) is 29.9 Å². The molecule has 0 amide bonds. The van der Waals surface area contributed by atoms with Gasteiger partial charge in [0, 0.05) is 22.3 Å².